The molecule has 0 fully saturated rings. The first-order chi connectivity index (χ1) is 14.0. The molecule has 1 atom stereocenters. The molecule has 2 aromatic carbocycles. The van der Waals surface area contributed by atoms with Crippen molar-refractivity contribution < 1.29 is 14.6 Å². The van der Waals surface area contributed by atoms with E-state index in [1.807, 2.05) is 31.2 Å². The first kappa shape index (κ1) is 19.3. The maximum Gasteiger partial charge on any atom is 0.253 e. The summed E-state index contributed by atoms with van der Waals surface area (Å²) in [5, 5.41) is 12.8. The van der Waals surface area contributed by atoms with Crippen LogP contribution in [-0.2, 0) is 0 Å². The first-order valence-electron chi connectivity index (χ1n) is 9.83. The van der Waals surface area contributed by atoms with Gasteiger partial charge in [0, 0.05) is 31.1 Å². The Hall–Kier alpha value is -3.06. The number of ether oxygens (including phenoxy) is 1. The number of aliphatic hydroxyl groups is 1. The predicted octanol–water partition coefficient (Wildman–Crippen LogP) is 3.18. The first-order valence-corrected chi connectivity index (χ1v) is 9.83. The quantitative estimate of drug-likeness (QED) is 0.618. The maximum atomic E-state index is 12.8. The number of rotatable bonds is 5. The van der Waals surface area contributed by atoms with E-state index in [4.69, 9.17) is 9.84 Å². The normalized spacial score (nSPS) is 15.7. The van der Waals surface area contributed by atoms with Crippen LogP contribution in [-0.4, -0.2) is 52.7 Å². The summed E-state index contributed by atoms with van der Waals surface area (Å²) in [7, 11) is 1.69. The lowest BCUT2D eigenvalue weighted by Gasteiger charge is -2.29. The van der Waals surface area contributed by atoms with Gasteiger partial charge in [-0.2, -0.15) is 0 Å². The van der Waals surface area contributed by atoms with Crippen molar-refractivity contribution in [3.05, 3.63) is 52.8 Å². The average Bonchev–Trinajstić information content (AvgIpc) is 3.08. The number of nitrogens with one attached hydrogen (secondary N) is 2. The number of imidazole rings is 1. The summed E-state index contributed by atoms with van der Waals surface area (Å²) < 4.78 is 5.84. The Balaban J connectivity index is 1.75. The van der Waals surface area contributed by atoms with Crippen molar-refractivity contribution >= 4 is 22.6 Å². The lowest BCUT2D eigenvalue weighted by atomic mass is 9.95. The van der Waals surface area contributed by atoms with E-state index < -0.39 is 0 Å². The Bertz CT molecular complexity index is 1060. The molecule has 29 heavy (non-hydrogen) atoms. The van der Waals surface area contributed by atoms with Gasteiger partial charge in [-0.3, -0.25) is 4.79 Å². The molecule has 3 aromatic rings. The number of fused-ring (bicyclic) bond motifs is 2. The van der Waals surface area contributed by atoms with E-state index in [9.17, 15) is 4.79 Å². The molecular formula is C22H26N4O3. The number of likely N-dealkylation sites (N-methyl/N-ethyl adjacent to an activating group) is 1. The molecule has 3 N–H and O–H groups in total. The Kier molecular flexibility index (Phi) is 5.15. The molecule has 0 aliphatic carbocycles. The Labute approximate surface area is 169 Å². The van der Waals surface area contributed by atoms with Crippen LogP contribution in [0.2, 0.25) is 0 Å². The highest BCUT2D eigenvalue weighted by atomic mass is 16.5. The number of anilines is 1. The van der Waals surface area contributed by atoms with Gasteiger partial charge < -0.3 is 25.0 Å². The summed E-state index contributed by atoms with van der Waals surface area (Å²) in [4.78, 5) is 22.2. The van der Waals surface area contributed by atoms with Crippen LogP contribution in [0.3, 0.4) is 0 Å². The van der Waals surface area contributed by atoms with E-state index in [0.29, 0.717) is 12.2 Å². The average molecular weight is 394 g/mol. The topological polar surface area (TPSA) is 90.5 Å². The highest BCUT2D eigenvalue weighted by Gasteiger charge is 2.25. The largest absolute Gasteiger partial charge is 0.493 e. The third-order valence-corrected chi connectivity index (χ3v) is 5.36. The number of carbonyl (C=O) groups excluding carboxylic acids is 1. The third-order valence-electron chi connectivity index (χ3n) is 5.36. The fourth-order valence-electron chi connectivity index (χ4n) is 3.94. The summed E-state index contributed by atoms with van der Waals surface area (Å²) in [6.45, 7) is 4.83. The van der Waals surface area contributed by atoms with Gasteiger partial charge in [0.25, 0.3) is 5.91 Å². The number of hydrogen-bond donors (Lipinski definition) is 3. The van der Waals surface area contributed by atoms with Crippen molar-refractivity contribution in [1.82, 2.24) is 14.9 Å². The summed E-state index contributed by atoms with van der Waals surface area (Å²) in [6.07, 6.45) is 0.825. The van der Waals surface area contributed by atoms with Crippen molar-refractivity contribution in [1.29, 1.82) is 0 Å². The molecule has 2 heterocycles. The number of aromatic amines is 1. The number of benzene rings is 2. The van der Waals surface area contributed by atoms with Crippen molar-refractivity contribution in [3.8, 4) is 5.75 Å². The zero-order valence-electron chi connectivity index (χ0n) is 17.0. The lowest BCUT2D eigenvalue weighted by molar-refractivity contribution is 0.0767. The molecule has 0 saturated carbocycles. The molecule has 0 bridgehead atoms. The second-order valence-corrected chi connectivity index (χ2v) is 7.51. The van der Waals surface area contributed by atoms with Gasteiger partial charge in [-0.1, -0.05) is 12.1 Å². The van der Waals surface area contributed by atoms with Crippen LogP contribution in [0.5, 0.6) is 5.75 Å². The summed E-state index contributed by atoms with van der Waals surface area (Å²) in [5.41, 5.74) is 5.30. The van der Waals surface area contributed by atoms with Gasteiger partial charge in [0.1, 0.15) is 17.1 Å². The van der Waals surface area contributed by atoms with Crippen LogP contribution in [0.4, 0.5) is 5.69 Å². The SMILES string of the molecule is Cc1nc2c(N[C@@H]3CCOc4cccc(C)c43)cc(C(=O)N(C)CCO)cc2[nH]1. The zero-order chi connectivity index (χ0) is 20.5. The van der Waals surface area contributed by atoms with Gasteiger partial charge >= 0.3 is 0 Å². The van der Waals surface area contributed by atoms with Crippen molar-refractivity contribution in [2.24, 2.45) is 0 Å². The molecule has 1 amide bonds. The molecule has 0 saturated heterocycles. The molecule has 4 rings (SSSR count). The molecule has 7 nitrogen and oxygen atoms in total. The van der Waals surface area contributed by atoms with Crippen LogP contribution in [0.15, 0.2) is 30.3 Å². The Morgan fingerprint density at radius 3 is 3.00 bits per heavy atom. The number of amides is 1. The van der Waals surface area contributed by atoms with Crippen molar-refractivity contribution in [2.75, 3.05) is 32.1 Å². The molecule has 0 unspecified atom stereocenters. The highest BCUT2D eigenvalue weighted by molar-refractivity contribution is 6.01. The van der Waals surface area contributed by atoms with E-state index in [2.05, 4.69) is 28.3 Å². The van der Waals surface area contributed by atoms with Gasteiger partial charge in [0.15, 0.2) is 0 Å². The second kappa shape index (κ2) is 7.75. The predicted molar refractivity (Wildman–Crippen MR) is 113 cm³/mol. The molecule has 0 radical (unpaired) electrons. The molecular weight excluding hydrogens is 368 g/mol. The van der Waals surface area contributed by atoms with Gasteiger partial charge in [-0.05, 0) is 37.6 Å². The van der Waals surface area contributed by atoms with Gasteiger partial charge in [0.05, 0.1) is 30.5 Å². The highest BCUT2D eigenvalue weighted by Crippen LogP contribution is 2.38. The van der Waals surface area contributed by atoms with E-state index in [-0.39, 0.29) is 25.1 Å². The standard InChI is InChI=1S/C22H26N4O3/c1-13-5-4-6-19-20(13)16(7-10-29-19)25-18-12-15(22(28)26(3)8-9-27)11-17-21(18)24-14(2)23-17/h4-6,11-12,16,25,27H,7-10H2,1-3H3,(H,23,24)/t16-/m1/s1. The molecule has 1 aliphatic heterocycles. The molecule has 7 heteroatoms. The number of aliphatic hydroxyl groups excluding tert-OH is 1. The zero-order valence-corrected chi connectivity index (χ0v) is 17.0. The number of aromatic nitrogens is 2. The van der Waals surface area contributed by atoms with E-state index in [1.165, 1.54) is 10.5 Å². The summed E-state index contributed by atoms with van der Waals surface area (Å²) in [5.74, 6) is 1.55. The monoisotopic (exact) mass is 394 g/mol. The summed E-state index contributed by atoms with van der Waals surface area (Å²) >= 11 is 0. The van der Waals surface area contributed by atoms with Crippen molar-refractivity contribution in [2.45, 2.75) is 26.3 Å². The van der Waals surface area contributed by atoms with Crippen molar-refractivity contribution in [3.63, 3.8) is 0 Å². The number of H-pyrrole nitrogens is 1. The number of nitrogens with zero attached hydrogens (tertiary/aromatic N) is 2. The minimum absolute atomic E-state index is 0.0701. The van der Waals surface area contributed by atoms with E-state index in [1.54, 1.807) is 7.05 Å². The van der Waals surface area contributed by atoms with Crippen LogP contribution >= 0.6 is 0 Å². The van der Waals surface area contributed by atoms with Gasteiger partial charge in [0.2, 0.25) is 0 Å². The van der Waals surface area contributed by atoms with E-state index >= 15 is 0 Å². The van der Waals surface area contributed by atoms with Crippen LogP contribution in [0, 0.1) is 13.8 Å². The van der Waals surface area contributed by atoms with Crippen LogP contribution in [0.25, 0.3) is 11.0 Å². The molecule has 0 spiro atoms. The van der Waals surface area contributed by atoms with Crippen LogP contribution in [0.1, 0.15) is 39.8 Å². The molecule has 1 aromatic heterocycles. The smallest absolute Gasteiger partial charge is 0.253 e. The van der Waals surface area contributed by atoms with Gasteiger partial charge in [-0.25, -0.2) is 4.98 Å². The maximum absolute atomic E-state index is 12.8. The second-order valence-electron chi connectivity index (χ2n) is 7.51. The number of hydrogen-bond acceptors (Lipinski definition) is 5. The van der Waals surface area contributed by atoms with Gasteiger partial charge in [-0.15, -0.1) is 0 Å². The Morgan fingerprint density at radius 1 is 1.38 bits per heavy atom. The van der Waals surface area contributed by atoms with E-state index in [0.717, 1.165) is 40.3 Å². The minimum Gasteiger partial charge on any atom is -0.493 e. The Morgan fingerprint density at radius 2 is 2.21 bits per heavy atom. The minimum atomic E-state index is -0.139. The number of aryl methyl sites for hydroxylation is 2. The number of carbonyl (C=O) groups is 1. The lowest BCUT2D eigenvalue weighted by Crippen LogP contribution is -2.29. The third kappa shape index (κ3) is 3.65. The van der Waals surface area contributed by atoms with Crippen LogP contribution < -0.4 is 10.1 Å². The fraction of sp³-hybridized carbons (Fsp3) is 0.364. The summed E-state index contributed by atoms with van der Waals surface area (Å²) in [6, 6.07) is 9.82. The molecule has 152 valence electrons. The fourth-order valence-corrected chi connectivity index (χ4v) is 3.94. The molecule has 1 aliphatic rings.